The maximum Gasteiger partial charge on any atom is 0.267 e. The Bertz CT molecular complexity index is 938. The number of aromatic nitrogens is 3. The molecule has 0 amide bonds. The molecule has 0 aliphatic rings. The number of benzene rings is 1. The van der Waals surface area contributed by atoms with Crippen molar-refractivity contribution >= 4 is 10.9 Å². The van der Waals surface area contributed by atoms with Gasteiger partial charge in [0.25, 0.3) is 5.56 Å². The topological polar surface area (TPSA) is 97.6 Å². The molecule has 3 rings (SSSR count). The van der Waals surface area contributed by atoms with Crippen LogP contribution in [0.15, 0.2) is 47.5 Å². The van der Waals surface area contributed by atoms with Gasteiger partial charge in [0.2, 0.25) is 0 Å². The van der Waals surface area contributed by atoms with Crippen molar-refractivity contribution in [1.29, 1.82) is 5.26 Å². The smallest absolute Gasteiger partial charge is 0.267 e. The lowest BCUT2D eigenvalue weighted by Crippen LogP contribution is -2.28. The second kappa shape index (κ2) is 5.39. The Morgan fingerprint density at radius 3 is 2.77 bits per heavy atom. The van der Waals surface area contributed by atoms with Gasteiger partial charge in [0.1, 0.15) is 11.9 Å². The highest BCUT2D eigenvalue weighted by molar-refractivity contribution is 5.84. The van der Waals surface area contributed by atoms with Crippen molar-refractivity contribution in [2.24, 2.45) is 5.73 Å². The summed E-state index contributed by atoms with van der Waals surface area (Å²) in [6.07, 6.45) is 3.19. The van der Waals surface area contributed by atoms with Crippen LogP contribution in [0.1, 0.15) is 24.4 Å². The lowest BCUT2D eigenvalue weighted by Gasteiger charge is -2.15. The van der Waals surface area contributed by atoms with Gasteiger partial charge in [-0.25, -0.2) is 4.98 Å². The maximum absolute atomic E-state index is 12.9. The Labute approximate surface area is 126 Å². The van der Waals surface area contributed by atoms with Crippen LogP contribution in [-0.2, 0) is 0 Å². The van der Waals surface area contributed by atoms with Crippen LogP contribution in [0.3, 0.4) is 0 Å². The minimum Gasteiger partial charge on any atom is -0.322 e. The molecule has 3 aromatic rings. The second-order valence-corrected chi connectivity index (χ2v) is 4.92. The van der Waals surface area contributed by atoms with E-state index in [9.17, 15) is 10.1 Å². The largest absolute Gasteiger partial charge is 0.322 e. The Kier molecular flexibility index (Phi) is 3.41. The van der Waals surface area contributed by atoms with Gasteiger partial charge < -0.3 is 5.73 Å². The van der Waals surface area contributed by atoms with E-state index in [0.29, 0.717) is 28.0 Å². The summed E-state index contributed by atoms with van der Waals surface area (Å²) in [4.78, 5) is 21.4. The van der Waals surface area contributed by atoms with E-state index >= 15 is 0 Å². The highest BCUT2D eigenvalue weighted by Gasteiger charge is 2.17. The fourth-order valence-corrected chi connectivity index (χ4v) is 2.38. The number of pyridine rings is 1. The van der Waals surface area contributed by atoms with Gasteiger partial charge in [0.05, 0.1) is 34.4 Å². The van der Waals surface area contributed by atoms with E-state index in [4.69, 9.17) is 5.73 Å². The highest BCUT2D eigenvalue weighted by Crippen LogP contribution is 2.18. The number of nitrogens with two attached hydrogens (primary N) is 1. The first-order chi connectivity index (χ1) is 10.6. The highest BCUT2D eigenvalue weighted by atomic mass is 16.1. The monoisotopic (exact) mass is 291 g/mol. The molecule has 2 aromatic heterocycles. The van der Waals surface area contributed by atoms with Crippen LogP contribution in [0, 0.1) is 11.3 Å². The zero-order chi connectivity index (χ0) is 15.7. The zero-order valence-corrected chi connectivity index (χ0v) is 11.9. The van der Waals surface area contributed by atoms with E-state index in [-0.39, 0.29) is 5.56 Å². The predicted molar refractivity (Wildman–Crippen MR) is 82.5 cm³/mol. The average molecular weight is 291 g/mol. The van der Waals surface area contributed by atoms with Gasteiger partial charge in [0, 0.05) is 6.20 Å². The molecule has 1 aromatic carbocycles. The number of rotatable bonds is 2. The number of hydrogen-bond acceptors (Lipinski definition) is 5. The van der Waals surface area contributed by atoms with Crippen molar-refractivity contribution in [3.8, 4) is 11.8 Å². The van der Waals surface area contributed by atoms with Crippen molar-refractivity contribution in [1.82, 2.24) is 14.5 Å². The van der Waals surface area contributed by atoms with Crippen LogP contribution in [0.2, 0.25) is 0 Å². The van der Waals surface area contributed by atoms with Gasteiger partial charge in [-0.3, -0.25) is 14.3 Å². The molecule has 1 atom stereocenters. The summed E-state index contributed by atoms with van der Waals surface area (Å²) in [7, 11) is 0. The molecule has 6 heteroatoms. The van der Waals surface area contributed by atoms with Gasteiger partial charge in [0.15, 0.2) is 0 Å². The predicted octanol–water partition coefficient (Wildman–Crippen LogP) is 1.67. The molecule has 0 aliphatic heterocycles. The summed E-state index contributed by atoms with van der Waals surface area (Å²) in [5, 5.41) is 9.53. The molecule has 0 spiro atoms. The van der Waals surface area contributed by atoms with Crippen LogP contribution in [-0.4, -0.2) is 14.5 Å². The van der Waals surface area contributed by atoms with E-state index in [1.54, 1.807) is 49.6 Å². The lowest BCUT2D eigenvalue weighted by molar-refractivity contribution is 0.695. The van der Waals surface area contributed by atoms with E-state index in [0.717, 1.165) is 0 Å². The summed E-state index contributed by atoms with van der Waals surface area (Å²) in [5.41, 5.74) is 6.99. The third-order valence-electron chi connectivity index (χ3n) is 3.36. The molecule has 0 fully saturated rings. The lowest BCUT2D eigenvalue weighted by atomic mass is 10.1. The van der Waals surface area contributed by atoms with Gasteiger partial charge in [-0.05, 0) is 31.2 Å². The molecule has 0 bridgehead atoms. The summed E-state index contributed by atoms with van der Waals surface area (Å²) < 4.78 is 1.42. The number of nitriles is 1. The first-order valence-corrected chi connectivity index (χ1v) is 6.75. The molecule has 108 valence electrons. The normalized spacial score (nSPS) is 12.0. The summed E-state index contributed by atoms with van der Waals surface area (Å²) >= 11 is 0. The molecule has 6 nitrogen and oxygen atoms in total. The van der Waals surface area contributed by atoms with Crippen molar-refractivity contribution in [2.75, 3.05) is 0 Å². The van der Waals surface area contributed by atoms with Crippen molar-refractivity contribution in [3.63, 3.8) is 0 Å². The molecular weight excluding hydrogens is 278 g/mol. The van der Waals surface area contributed by atoms with Crippen molar-refractivity contribution in [2.45, 2.75) is 13.0 Å². The van der Waals surface area contributed by atoms with Crippen molar-refractivity contribution < 1.29 is 0 Å². The molecule has 2 heterocycles. The van der Waals surface area contributed by atoms with Crippen LogP contribution in [0.4, 0.5) is 0 Å². The first-order valence-electron chi connectivity index (χ1n) is 6.75. The maximum atomic E-state index is 12.9. The van der Waals surface area contributed by atoms with E-state index in [1.807, 2.05) is 6.07 Å². The molecule has 22 heavy (non-hydrogen) atoms. The van der Waals surface area contributed by atoms with E-state index in [1.165, 1.54) is 4.57 Å². The SMILES string of the molecule is C[C@H](N)c1nc2cccc(C#N)c2c(=O)n1-c1cccnc1. The Hall–Kier alpha value is -3.04. The molecule has 0 unspecified atom stereocenters. The Morgan fingerprint density at radius 1 is 1.32 bits per heavy atom. The Balaban J connectivity index is 2.50. The fourth-order valence-electron chi connectivity index (χ4n) is 2.38. The van der Waals surface area contributed by atoms with Gasteiger partial charge in [-0.1, -0.05) is 6.07 Å². The number of hydrogen-bond donors (Lipinski definition) is 1. The van der Waals surface area contributed by atoms with Gasteiger partial charge in [-0.15, -0.1) is 0 Å². The third kappa shape index (κ3) is 2.14. The molecule has 0 radical (unpaired) electrons. The van der Waals surface area contributed by atoms with Crippen LogP contribution in [0.25, 0.3) is 16.6 Å². The van der Waals surface area contributed by atoms with Crippen LogP contribution < -0.4 is 11.3 Å². The quantitative estimate of drug-likeness (QED) is 0.774. The van der Waals surface area contributed by atoms with Gasteiger partial charge in [-0.2, -0.15) is 5.26 Å². The standard InChI is InChI=1S/C16H13N5O/c1-10(18)15-20-13-6-2-4-11(8-17)14(13)16(22)21(15)12-5-3-7-19-9-12/h2-7,9-10H,18H2,1H3/t10-/m0/s1. The minimum atomic E-state index is -0.442. The van der Waals surface area contributed by atoms with E-state index < -0.39 is 6.04 Å². The summed E-state index contributed by atoms with van der Waals surface area (Å²) in [6.45, 7) is 1.76. The van der Waals surface area contributed by atoms with Crippen LogP contribution >= 0.6 is 0 Å². The molecule has 2 N–H and O–H groups in total. The van der Waals surface area contributed by atoms with Crippen molar-refractivity contribution in [3.05, 3.63) is 64.5 Å². The average Bonchev–Trinajstić information content (AvgIpc) is 2.54. The third-order valence-corrected chi connectivity index (χ3v) is 3.36. The first kappa shape index (κ1) is 13.9. The zero-order valence-electron chi connectivity index (χ0n) is 11.9. The minimum absolute atomic E-state index is 0.290. The van der Waals surface area contributed by atoms with E-state index in [2.05, 4.69) is 9.97 Å². The van der Waals surface area contributed by atoms with Crippen LogP contribution in [0.5, 0.6) is 0 Å². The Morgan fingerprint density at radius 2 is 2.14 bits per heavy atom. The molecule has 0 saturated heterocycles. The van der Waals surface area contributed by atoms with Gasteiger partial charge >= 0.3 is 0 Å². The molecule has 0 aliphatic carbocycles. The molecular formula is C16H13N5O. The molecule has 0 saturated carbocycles. The number of fused-ring (bicyclic) bond motifs is 1. The second-order valence-electron chi connectivity index (χ2n) is 4.92. The number of nitrogens with zero attached hydrogens (tertiary/aromatic N) is 4. The summed E-state index contributed by atoms with van der Waals surface area (Å²) in [6, 6.07) is 10.1. The summed E-state index contributed by atoms with van der Waals surface area (Å²) in [5.74, 6) is 0.431. The fraction of sp³-hybridized carbons (Fsp3) is 0.125.